The zero-order valence-electron chi connectivity index (χ0n) is 54.3. The first kappa shape index (κ1) is 78.5. The van der Waals surface area contributed by atoms with Crippen molar-refractivity contribution < 1.29 is 37.3 Å². The SMILES string of the molecule is CCCCCCCCC/C=C\CCCCCC(=O)NC(COP(=O)([O-])OCC[N+](C)(C)C)C(/C=C\CCCCCCCCCCCCC)OC(=O)CCCCCCCCCCCCCCCCCCCCCCCCCCCCC. The lowest BCUT2D eigenvalue weighted by atomic mass is 10.0. The van der Waals surface area contributed by atoms with Crippen LogP contribution in [0, 0.1) is 0 Å². The second kappa shape index (κ2) is 60.6. The molecule has 9 nitrogen and oxygen atoms in total. The van der Waals surface area contributed by atoms with Crippen molar-refractivity contribution in [2.24, 2.45) is 0 Å². The van der Waals surface area contributed by atoms with Crippen molar-refractivity contribution in [2.75, 3.05) is 40.9 Å². The fourth-order valence-electron chi connectivity index (χ4n) is 10.7. The van der Waals surface area contributed by atoms with Gasteiger partial charge in [0.1, 0.15) is 19.3 Å². The summed E-state index contributed by atoms with van der Waals surface area (Å²) in [5, 5.41) is 3.03. The van der Waals surface area contributed by atoms with E-state index in [1.54, 1.807) is 0 Å². The molecule has 0 aliphatic heterocycles. The van der Waals surface area contributed by atoms with Crippen LogP contribution >= 0.6 is 7.82 Å². The van der Waals surface area contributed by atoms with E-state index in [2.05, 4.69) is 38.2 Å². The monoisotopic (exact) mass is 1150 g/mol. The first-order valence-electron chi connectivity index (χ1n) is 35.1. The van der Waals surface area contributed by atoms with E-state index in [0.29, 0.717) is 17.4 Å². The zero-order chi connectivity index (χ0) is 58.6. The maximum Gasteiger partial charge on any atom is 0.306 e. The second-order valence-corrected chi connectivity index (χ2v) is 26.8. The number of esters is 1. The molecule has 0 aromatic carbocycles. The van der Waals surface area contributed by atoms with Crippen LogP contribution in [-0.4, -0.2) is 69.4 Å². The summed E-state index contributed by atoms with van der Waals surface area (Å²) >= 11 is 0. The predicted octanol–water partition coefficient (Wildman–Crippen LogP) is 21.4. The number of amides is 1. The third-order valence-electron chi connectivity index (χ3n) is 16.1. The molecule has 1 amide bonds. The van der Waals surface area contributed by atoms with E-state index in [0.717, 1.165) is 70.6 Å². The third kappa shape index (κ3) is 61.1. The standard InChI is InChI=1S/C70H137N2O7P/c1-7-10-13-16-19-22-25-28-30-31-32-33-34-35-36-37-38-39-40-41-42-45-48-51-54-57-60-63-70(74)79-68(61-58-55-52-49-46-43-27-24-21-18-15-12-9-3)67(66-78-80(75,76)77-65-64-72(4,5)6)71-69(73)62-59-56-53-50-47-44-29-26-23-20-17-14-11-8-2/h44,47,58,61,67-68H,7-43,45-46,48-57,59-60,62-66H2,1-6H3,(H-,71,73,75,76)/b47-44-,61-58-. The molecule has 0 bridgehead atoms. The highest BCUT2D eigenvalue weighted by Gasteiger charge is 2.27. The summed E-state index contributed by atoms with van der Waals surface area (Å²) in [7, 11) is 1.19. The van der Waals surface area contributed by atoms with Gasteiger partial charge in [-0.3, -0.25) is 14.2 Å². The number of carbonyl (C=O) groups is 2. The van der Waals surface area contributed by atoms with E-state index in [-0.39, 0.29) is 31.5 Å². The second-order valence-electron chi connectivity index (χ2n) is 25.4. The molecular formula is C70H137N2O7P. The summed E-state index contributed by atoms with van der Waals surface area (Å²) < 4.78 is 30.4. The molecule has 0 fully saturated rings. The van der Waals surface area contributed by atoms with Crippen LogP contribution in [0.2, 0.25) is 0 Å². The lowest BCUT2D eigenvalue weighted by molar-refractivity contribution is -0.870. The van der Waals surface area contributed by atoms with Crippen LogP contribution in [0.5, 0.6) is 0 Å². The molecule has 80 heavy (non-hydrogen) atoms. The molecular weight excluding hydrogens is 1010 g/mol. The summed E-state index contributed by atoms with van der Waals surface area (Å²) in [6, 6.07) is -0.891. The number of likely N-dealkylation sites (N-methyl/N-ethyl adjacent to an activating group) is 1. The molecule has 0 aliphatic rings. The van der Waals surface area contributed by atoms with Crippen LogP contribution in [0.1, 0.15) is 361 Å². The lowest BCUT2D eigenvalue weighted by Crippen LogP contribution is -2.47. The van der Waals surface area contributed by atoms with Crippen molar-refractivity contribution in [1.29, 1.82) is 0 Å². The van der Waals surface area contributed by atoms with E-state index in [1.165, 1.54) is 257 Å². The Bertz CT molecular complexity index is 1420. The Morgan fingerprint density at radius 1 is 0.425 bits per heavy atom. The van der Waals surface area contributed by atoms with Gasteiger partial charge in [-0.05, 0) is 57.4 Å². The number of quaternary nitrogens is 1. The van der Waals surface area contributed by atoms with Gasteiger partial charge in [-0.1, -0.05) is 315 Å². The number of nitrogens with one attached hydrogen (secondary N) is 1. The number of unbranched alkanes of at least 4 members (excludes halogenated alkanes) is 47. The van der Waals surface area contributed by atoms with E-state index < -0.39 is 20.0 Å². The molecule has 10 heteroatoms. The highest BCUT2D eigenvalue weighted by molar-refractivity contribution is 7.45. The molecule has 0 aromatic heterocycles. The van der Waals surface area contributed by atoms with Gasteiger partial charge >= 0.3 is 5.97 Å². The molecule has 474 valence electrons. The molecule has 0 heterocycles. The number of rotatable bonds is 65. The maximum absolute atomic E-state index is 13.5. The predicted molar refractivity (Wildman–Crippen MR) is 344 cm³/mol. The van der Waals surface area contributed by atoms with Crippen LogP contribution in [0.25, 0.3) is 0 Å². The fourth-order valence-corrected chi connectivity index (χ4v) is 11.4. The number of phosphoric acid groups is 1. The minimum absolute atomic E-state index is 0.0213. The number of carbonyl (C=O) groups excluding carboxylic acids is 2. The molecule has 0 radical (unpaired) electrons. The zero-order valence-corrected chi connectivity index (χ0v) is 55.2. The smallest absolute Gasteiger partial charge is 0.306 e. The highest BCUT2D eigenvalue weighted by atomic mass is 31.2. The summed E-state index contributed by atoms with van der Waals surface area (Å²) in [6.45, 7) is 6.89. The van der Waals surface area contributed by atoms with Crippen LogP contribution in [-0.2, 0) is 27.9 Å². The van der Waals surface area contributed by atoms with E-state index >= 15 is 0 Å². The van der Waals surface area contributed by atoms with Crippen LogP contribution in [0.15, 0.2) is 24.3 Å². The van der Waals surface area contributed by atoms with Gasteiger partial charge in [0, 0.05) is 12.8 Å². The summed E-state index contributed by atoms with van der Waals surface area (Å²) in [5.41, 5.74) is 0. The van der Waals surface area contributed by atoms with Crippen molar-refractivity contribution in [3.05, 3.63) is 24.3 Å². The van der Waals surface area contributed by atoms with Gasteiger partial charge in [0.15, 0.2) is 0 Å². The first-order chi connectivity index (χ1) is 38.9. The normalized spacial score (nSPS) is 13.6. The van der Waals surface area contributed by atoms with Crippen molar-refractivity contribution in [1.82, 2.24) is 5.32 Å². The van der Waals surface area contributed by atoms with Gasteiger partial charge in [0.25, 0.3) is 7.82 Å². The van der Waals surface area contributed by atoms with E-state index in [4.69, 9.17) is 13.8 Å². The topological polar surface area (TPSA) is 114 Å². The Morgan fingerprint density at radius 3 is 1.07 bits per heavy atom. The molecule has 0 aromatic rings. The number of nitrogens with zero attached hydrogens (tertiary/aromatic N) is 1. The minimum atomic E-state index is -4.70. The summed E-state index contributed by atoms with van der Waals surface area (Å²) in [6.07, 6.45) is 73.1. The molecule has 0 aliphatic carbocycles. The van der Waals surface area contributed by atoms with Crippen molar-refractivity contribution in [3.8, 4) is 0 Å². The highest BCUT2D eigenvalue weighted by Crippen LogP contribution is 2.38. The van der Waals surface area contributed by atoms with Crippen LogP contribution in [0.4, 0.5) is 0 Å². The number of phosphoric ester groups is 1. The van der Waals surface area contributed by atoms with Crippen molar-refractivity contribution in [3.63, 3.8) is 0 Å². The molecule has 0 saturated heterocycles. The maximum atomic E-state index is 13.5. The number of allylic oxidation sites excluding steroid dienone is 3. The van der Waals surface area contributed by atoms with E-state index in [1.807, 2.05) is 33.3 Å². The average molecular weight is 1150 g/mol. The van der Waals surface area contributed by atoms with Gasteiger partial charge < -0.3 is 28.5 Å². The number of ether oxygens (including phenoxy) is 1. The van der Waals surface area contributed by atoms with E-state index in [9.17, 15) is 19.0 Å². The minimum Gasteiger partial charge on any atom is -0.756 e. The lowest BCUT2D eigenvalue weighted by Gasteiger charge is -2.30. The van der Waals surface area contributed by atoms with Gasteiger partial charge in [-0.25, -0.2) is 0 Å². The molecule has 1 N–H and O–H groups in total. The van der Waals surface area contributed by atoms with Crippen molar-refractivity contribution in [2.45, 2.75) is 373 Å². The van der Waals surface area contributed by atoms with Crippen LogP contribution in [0.3, 0.4) is 0 Å². The molecule has 3 atom stereocenters. The fraction of sp³-hybridized carbons (Fsp3) is 0.914. The third-order valence-corrected chi connectivity index (χ3v) is 17.1. The molecule has 0 spiro atoms. The van der Waals surface area contributed by atoms with Gasteiger partial charge in [0.2, 0.25) is 5.91 Å². The average Bonchev–Trinajstić information content (AvgIpc) is 3.42. The Hall–Kier alpha value is -1.51. The Kier molecular flexibility index (Phi) is 59.5. The molecule has 0 rings (SSSR count). The quantitative estimate of drug-likeness (QED) is 0.0212. The Balaban J connectivity index is 4.98. The molecule has 3 unspecified atom stereocenters. The Morgan fingerprint density at radius 2 is 0.725 bits per heavy atom. The Labute approximate surface area is 498 Å². The van der Waals surface area contributed by atoms with Gasteiger partial charge in [-0.15, -0.1) is 0 Å². The summed E-state index contributed by atoms with van der Waals surface area (Å²) in [4.78, 5) is 40.1. The number of hydrogen-bond acceptors (Lipinski definition) is 7. The van der Waals surface area contributed by atoms with Gasteiger partial charge in [0.05, 0.1) is 33.8 Å². The largest absolute Gasteiger partial charge is 0.756 e. The molecule has 0 saturated carbocycles. The van der Waals surface area contributed by atoms with Gasteiger partial charge in [-0.2, -0.15) is 0 Å². The van der Waals surface area contributed by atoms with Crippen LogP contribution < -0.4 is 10.2 Å². The summed E-state index contributed by atoms with van der Waals surface area (Å²) in [5.74, 6) is -0.539. The van der Waals surface area contributed by atoms with Crippen molar-refractivity contribution >= 4 is 19.7 Å². The number of hydrogen-bond donors (Lipinski definition) is 1. The first-order valence-corrected chi connectivity index (χ1v) is 36.6.